The van der Waals surface area contributed by atoms with Crippen LogP contribution in [-0.4, -0.2) is 26.8 Å². The highest BCUT2D eigenvalue weighted by Crippen LogP contribution is 2.34. The fourth-order valence-electron chi connectivity index (χ4n) is 3.08. The normalized spacial score (nSPS) is 15.3. The summed E-state index contributed by atoms with van der Waals surface area (Å²) < 4.78 is 38.8. The molecule has 0 spiro atoms. The Balaban J connectivity index is 1.52. The van der Waals surface area contributed by atoms with E-state index in [9.17, 15) is 18.0 Å². The van der Waals surface area contributed by atoms with E-state index in [0.717, 1.165) is 30.1 Å². The average molecular weight is 384 g/mol. The fourth-order valence-corrected chi connectivity index (χ4v) is 3.69. The first kappa shape index (κ1) is 18.8. The van der Waals surface area contributed by atoms with E-state index in [1.807, 2.05) is 0 Å². The largest absolute Gasteiger partial charge is 0.418 e. The van der Waals surface area contributed by atoms with E-state index in [4.69, 9.17) is 0 Å². The van der Waals surface area contributed by atoms with Crippen LogP contribution in [0.15, 0.2) is 29.4 Å². The summed E-state index contributed by atoms with van der Waals surface area (Å²) in [4.78, 5) is 16.3. The van der Waals surface area contributed by atoms with Gasteiger partial charge in [-0.25, -0.2) is 4.98 Å². The summed E-state index contributed by atoms with van der Waals surface area (Å²) in [6.07, 6.45) is 1.23. The van der Waals surface area contributed by atoms with Crippen LogP contribution in [0, 0.1) is 5.92 Å². The number of carbonyl (C=O) groups is 1. The molecule has 1 fully saturated rings. The monoisotopic (exact) mass is 384 g/mol. The van der Waals surface area contributed by atoms with Crippen LogP contribution in [0.1, 0.15) is 37.1 Å². The van der Waals surface area contributed by atoms with E-state index >= 15 is 0 Å². The van der Waals surface area contributed by atoms with E-state index in [1.54, 1.807) is 0 Å². The van der Waals surface area contributed by atoms with Crippen LogP contribution in [0.4, 0.5) is 18.9 Å². The molecule has 0 atom stereocenters. The SMILES string of the molecule is O=C(CSc1n[nH]c(CC2CCCC2)n1)Nc1ccccc1C(F)(F)F. The molecule has 1 amide bonds. The van der Waals surface area contributed by atoms with Crippen LogP contribution in [-0.2, 0) is 17.4 Å². The third-order valence-electron chi connectivity index (χ3n) is 4.31. The van der Waals surface area contributed by atoms with Crippen LogP contribution in [0.3, 0.4) is 0 Å². The zero-order valence-electron chi connectivity index (χ0n) is 14.0. The Morgan fingerprint density at radius 3 is 2.73 bits per heavy atom. The lowest BCUT2D eigenvalue weighted by molar-refractivity contribution is -0.137. The summed E-state index contributed by atoms with van der Waals surface area (Å²) in [6, 6.07) is 4.90. The van der Waals surface area contributed by atoms with Crippen molar-refractivity contribution in [1.82, 2.24) is 15.2 Å². The van der Waals surface area contributed by atoms with Gasteiger partial charge in [-0.1, -0.05) is 49.6 Å². The number of nitrogens with one attached hydrogen (secondary N) is 2. The number of nitrogens with zero attached hydrogens (tertiary/aromatic N) is 2. The summed E-state index contributed by atoms with van der Waals surface area (Å²) in [7, 11) is 0. The molecule has 1 saturated carbocycles. The Labute approximate surface area is 153 Å². The number of anilines is 1. The lowest BCUT2D eigenvalue weighted by atomic mass is 10.0. The van der Waals surface area contributed by atoms with Gasteiger partial charge in [-0.05, 0) is 18.1 Å². The molecule has 2 N–H and O–H groups in total. The number of H-pyrrole nitrogens is 1. The Kier molecular flexibility index (Phi) is 5.85. The third kappa shape index (κ3) is 5.00. The average Bonchev–Trinajstić information content (AvgIpc) is 3.25. The number of aromatic nitrogens is 3. The van der Waals surface area contributed by atoms with Gasteiger partial charge in [0, 0.05) is 6.42 Å². The van der Waals surface area contributed by atoms with E-state index in [-0.39, 0.29) is 11.4 Å². The molecular formula is C17H19F3N4OS. The molecule has 1 aromatic heterocycles. The molecule has 140 valence electrons. The number of hydrogen-bond donors (Lipinski definition) is 2. The van der Waals surface area contributed by atoms with E-state index in [2.05, 4.69) is 20.5 Å². The second kappa shape index (κ2) is 8.11. The van der Waals surface area contributed by atoms with Gasteiger partial charge in [-0.3, -0.25) is 9.89 Å². The van der Waals surface area contributed by atoms with Crippen molar-refractivity contribution in [2.45, 2.75) is 43.4 Å². The number of rotatable bonds is 6. The predicted molar refractivity (Wildman–Crippen MR) is 92.8 cm³/mol. The first-order valence-corrected chi connectivity index (χ1v) is 9.40. The van der Waals surface area contributed by atoms with E-state index in [0.29, 0.717) is 11.1 Å². The van der Waals surface area contributed by atoms with Crippen molar-refractivity contribution in [3.63, 3.8) is 0 Å². The predicted octanol–water partition coefficient (Wildman–Crippen LogP) is 4.29. The molecule has 26 heavy (non-hydrogen) atoms. The van der Waals surface area contributed by atoms with Gasteiger partial charge in [-0.2, -0.15) is 13.2 Å². The molecule has 1 heterocycles. The molecule has 3 rings (SSSR count). The topological polar surface area (TPSA) is 70.7 Å². The molecule has 1 aliphatic carbocycles. The van der Waals surface area contributed by atoms with Crippen LogP contribution >= 0.6 is 11.8 Å². The van der Waals surface area contributed by atoms with E-state index < -0.39 is 17.6 Å². The van der Waals surface area contributed by atoms with Gasteiger partial charge in [0.1, 0.15) is 5.82 Å². The van der Waals surface area contributed by atoms with Gasteiger partial charge in [0.15, 0.2) is 0 Å². The molecule has 1 aromatic carbocycles. The van der Waals surface area contributed by atoms with Gasteiger partial charge in [0.2, 0.25) is 11.1 Å². The van der Waals surface area contributed by atoms with Crippen LogP contribution < -0.4 is 5.32 Å². The summed E-state index contributed by atoms with van der Waals surface area (Å²) in [5.41, 5.74) is -1.11. The Morgan fingerprint density at radius 2 is 2.00 bits per heavy atom. The molecule has 0 aliphatic heterocycles. The first-order chi connectivity index (χ1) is 12.4. The molecule has 5 nitrogen and oxygen atoms in total. The summed E-state index contributed by atoms with van der Waals surface area (Å²) >= 11 is 1.09. The number of halogens is 3. The van der Waals surface area contributed by atoms with Crippen molar-refractivity contribution in [2.75, 3.05) is 11.1 Å². The molecule has 0 bridgehead atoms. The summed E-state index contributed by atoms with van der Waals surface area (Å²) in [5.74, 6) is 0.825. The van der Waals surface area contributed by atoms with Crippen molar-refractivity contribution in [1.29, 1.82) is 0 Å². The Bertz CT molecular complexity index is 756. The van der Waals surface area contributed by atoms with Crippen molar-refractivity contribution in [3.8, 4) is 0 Å². The van der Waals surface area contributed by atoms with Gasteiger partial charge in [0.05, 0.1) is 17.0 Å². The minimum atomic E-state index is -4.52. The fraction of sp³-hybridized carbons (Fsp3) is 0.471. The number of para-hydroxylation sites is 1. The Morgan fingerprint density at radius 1 is 1.27 bits per heavy atom. The summed E-state index contributed by atoms with van der Waals surface area (Å²) in [6.45, 7) is 0. The van der Waals surface area contributed by atoms with Crippen LogP contribution in [0.2, 0.25) is 0 Å². The van der Waals surface area contributed by atoms with Crippen LogP contribution in [0.5, 0.6) is 0 Å². The molecular weight excluding hydrogens is 365 g/mol. The highest BCUT2D eigenvalue weighted by molar-refractivity contribution is 7.99. The maximum atomic E-state index is 12.9. The molecule has 1 aliphatic rings. The van der Waals surface area contributed by atoms with Crippen LogP contribution in [0.25, 0.3) is 0 Å². The lowest BCUT2D eigenvalue weighted by Crippen LogP contribution is -2.18. The van der Waals surface area contributed by atoms with Crippen molar-refractivity contribution in [2.24, 2.45) is 5.92 Å². The summed E-state index contributed by atoms with van der Waals surface area (Å²) in [5, 5.41) is 9.67. The quantitative estimate of drug-likeness (QED) is 0.729. The number of amides is 1. The van der Waals surface area contributed by atoms with Crippen molar-refractivity contribution >= 4 is 23.4 Å². The zero-order chi connectivity index (χ0) is 18.6. The molecule has 0 unspecified atom stereocenters. The molecule has 9 heteroatoms. The lowest BCUT2D eigenvalue weighted by Gasteiger charge is -2.13. The molecule has 0 saturated heterocycles. The maximum absolute atomic E-state index is 12.9. The van der Waals surface area contributed by atoms with Gasteiger partial charge < -0.3 is 5.32 Å². The highest BCUT2D eigenvalue weighted by atomic mass is 32.2. The minimum Gasteiger partial charge on any atom is -0.325 e. The third-order valence-corrected chi connectivity index (χ3v) is 5.15. The second-order valence-corrected chi connectivity index (χ2v) is 7.24. The number of hydrogen-bond acceptors (Lipinski definition) is 4. The maximum Gasteiger partial charge on any atom is 0.418 e. The van der Waals surface area contributed by atoms with E-state index in [1.165, 1.54) is 43.9 Å². The molecule has 0 radical (unpaired) electrons. The van der Waals surface area contributed by atoms with Gasteiger partial charge in [-0.15, -0.1) is 5.10 Å². The smallest absolute Gasteiger partial charge is 0.325 e. The zero-order valence-corrected chi connectivity index (χ0v) is 14.8. The van der Waals surface area contributed by atoms with Crippen molar-refractivity contribution < 1.29 is 18.0 Å². The number of benzene rings is 1. The van der Waals surface area contributed by atoms with Gasteiger partial charge >= 0.3 is 6.18 Å². The number of carbonyl (C=O) groups excluding carboxylic acids is 1. The minimum absolute atomic E-state index is 0.0626. The second-order valence-electron chi connectivity index (χ2n) is 6.30. The molecule has 2 aromatic rings. The number of aromatic amines is 1. The van der Waals surface area contributed by atoms with Gasteiger partial charge in [0.25, 0.3) is 0 Å². The Hall–Kier alpha value is -2.03. The van der Waals surface area contributed by atoms with Crippen molar-refractivity contribution in [3.05, 3.63) is 35.7 Å². The number of thioether (sulfide) groups is 1. The standard InChI is InChI=1S/C17H19F3N4OS/c18-17(19,20)12-7-3-4-8-13(12)21-15(25)10-26-16-22-14(23-24-16)9-11-5-1-2-6-11/h3-4,7-8,11H,1-2,5-6,9-10H2,(H,21,25)(H,22,23,24). The highest BCUT2D eigenvalue weighted by Gasteiger charge is 2.33. The number of alkyl halides is 3. The first-order valence-electron chi connectivity index (χ1n) is 8.42.